The smallest absolute Gasteiger partial charge is 0.142 e. The van der Waals surface area contributed by atoms with Crippen molar-refractivity contribution >= 4 is 21.7 Å². The lowest BCUT2D eigenvalue weighted by Crippen LogP contribution is -2.32. The molecule has 1 heterocycles. The number of aromatic nitrogens is 1. The Morgan fingerprint density at radius 2 is 2.31 bits per heavy atom. The van der Waals surface area contributed by atoms with Gasteiger partial charge in [-0.15, -0.1) is 0 Å². The van der Waals surface area contributed by atoms with E-state index in [0.717, 1.165) is 15.9 Å². The first-order valence-corrected chi connectivity index (χ1v) is 5.84. The van der Waals surface area contributed by atoms with Gasteiger partial charge in [0.2, 0.25) is 0 Å². The molecule has 90 valence electrons. The van der Waals surface area contributed by atoms with Crippen LogP contribution in [0.3, 0.4) is 0 Å². The highest BCUT2D eigenvalue weighted by atomic mass is 79.9. The van der Waals surface area contributed by atoms with Gasteiger partial charge in [0.15, 0.2) is 0 Å². The number of nitrogens with zero attached hydrogens (tertiary/aromatic N) is 2. The highest BCUT2D eigenvalue weighted by molar-refractivity contribution is 9.10. The Labute approximate surface area is 104 Å². The maximum absolute atomic E-state index is 9.62. The summed E-state index contributed by atoms with van der Waals surface area (Å²) in [4.78, 5) is 6.21. The van der Waals surface area contributed by atoms with Crippen LogP contribution < -0.4 is 4.90 Å². The SMILES string of the molecule is COCC(O)CN(C)c1ncc(C)cc1Br. The Kier molecular flexibility index (Phi) is 5.18. The third kappa shape index (κ3) is 3.73. The predicted octanol–water partition coefficient (Wildman–Crippen LogP) is 1.60. The summed E-state index contributed by atoms with van der Waals surface area (Å²) < 4.78 is 5.81. The predicted molar refractivity (Wildman–Crippen MR) is 67.8 cm³/mol. The van der Waals surface area contributed by atoms with Gasteiger partial charge in [-0.3, -0.25) is 0 Å². The van der Waals surface area contributed by atoms with Crippen molar-refractivity contribution in [3.05, 3.63) is 22.3 Å². The van der Waals surface area contributed by atoms with E-state index in [9.17, 15) is 5.11 Å². The number of aliphatic hydroxyl groups excluding tert-OH is 1. The Hall–Kier alpha value is -0.650. The second kappa shape index (κ2) is 6.18. The molecule has 0 fully saturated rings. The molecule has 0 spiro atoms. The summed E-state index contributed by atoms with van der Waals surface area (Å²) in [6.45, 7) is 2.80. The minimum Gasteiger partial charge on any atom is -0.389 e. The first-order valence-electron chi connectivity index (χ1n) is 5.05. The van der Waals surface area contributed by atoms with Crippen molar-refractivity contribution in [3.8, 4) is 0 Å². The number of aryl methyl sites for hydroxylation is 1. The lowest BCUT2D eigenvalue weighted by Gasteiger charge is -2.22. The molecular weight excluding hydrogens is 272 g/mol. The molecule has 16 heavy (non-hydrogen) atoms. The summed E-state index contributed by atoms with van der Waals surface area (Å²) in [5.74, 6) is 0.820. The van der Waals surface area contributed by atoms with Gasteiger partial charge < -0.3 is 14.7 Å². The first-order chi connectivity index (χ1) is 7.54. The Morgan fingerprint density at radius 1 is 1.62 bits per heavy atom. The van der Waals surface area contributed by atoms with Gasteiger partial charge in [-0.2, -0.15) is 0 Å². The minimum atomic E-state index is -0.509. The fourth-order valence-corrected chi connectivity index (χ4v) is 2.22. The molecule has 1 N–H and O–H groups in total. The van der Waals surface area contributed by atoms with E-state index in [-0.39, 0.29) is 0 Å². The molecule has 1 aromatic heterocycles. The Morgan fingerprint density at radius 3 is 2.88 bits per heavy atom. The molecule has 0 aromatic carbocycles. The quantitative estimate of drug-likeness (QED) is 0.894. The molecule has 4 nitrogen and oxygen atoms in total. The number of rotatable bonds is 5. The molecule has 0 saturated carbocycles. The summed E-state index contributed by atoms with van der Waals surface area (Å²) in [6, 6.07) is 2.00. The van der Waals surface area contributed by atoms with Crippen LogP contribution >= 0.6 is 15.9 Å². The normalized spacial score (nSPS) is 12.6. The molecule has 0 aliphatic heterocycles. The molecule has 0 bridgehead atoms. The van der Waals surface area contributed by atoms with Crippen LogP contribution in [0.25, 0.3) is 0 Å². The molecular formula is C11H17BrN2O2. The number of likely N-dealkylation sites (N-methyl/N-ethyl adjacent to an activating group) is 1. The van der Waals surface area contributed by atoms with Crippen molar-refractivity contribution in [3.63, 3.8) is 0 Å². The van der Waals surface area contributed by atoms with Crippen LogP contribution in [0.2, 0.25) is 0 Å². The Balaban J connectivity index is 2.69. The zero-order chi connectivity index (χ0) is 12.1. The van der Waals surface area contributed by atoms with Gasteiger partial charge >= 0.3 is 0 Å². The van der Waals surface area contributed by atoms with E-state index in [2.05, 4.69) is 20.9 Å². The second-order valence-corrected chi connectivity index (χ2v) is 4.66. The third-order valence-corrected chi connectivity index (χ3v) is 2.75. The van der Waals surface area contributed by atoms with Crippen LogP contribution in [-0.4, -0.2) is 43.5 Å². The number of aliphatic hydroxyl groups is 1. The van der Waals surface area contributed by atoms with Gasteiger partial charge in [-0.1, -0.05) is 0 Å². The molecule has 0 saturated heterocycles. The molecule has 0 aliphatic rings. The molecule has 1 unspecified atom stereocenters. The number of pyridine rings is 1. The van der Waals surface area contributed by atoms with E-state index in [0.29, 0.717) is 13.2 Å². The van der Waals surface area contributed by atoms with E-state index in [1.807, 2.05) is 24.9 Å². The highest BCUT2D eigenvalue weighted by Gasteiger charge is 2.12. The number of halogens is 1. The van der Waals surface area contributed by atoms with Gasteiger partial charge in [0.05, 0.1) is 17.2 Å². The van der Waals surface area contributed by atoms with Gasteiger partial charge in [0, 0.05) is 26.9 Å². The summed E-state index contributed by atoms with van der Waals surface area (Å²) in [5.41, 5.74) is 1.10. The summed E-state index contributed by atoms with van der Waals surface area (Å²) >= 11 is 3.46. The lowest BCUT2D eigenvalue weighted by atomic mass is 10.3. The third-order valence-electron chi connectivity index (χ3n) is 2.16. The minimum absolute atomic E-state index is 0.327. The van der Waals surface area contributed by atoms with Crippen molar-refractivity contribution in [1.82, 2.24) is 4.98 Å². The van der Waals surface area contributed by atoms with Gasteiger partial charge in [-0.05, 0) is 34.5 Å². The van der Waals surface area contributed by atoms with Gasteiger partial charge in [0.1, 0.15) is 5.82 Å². The highest BCUT2D eigenvalue weighted by Crippen LogP contribution is 2.23. The monoisotopic (exact) mass is 288 g/mol. The van der Waals surface area contributed by atoms with Crippen molar-refractivity contribution in [2.45, 2.75) is 13.0 Å². The van der Waals surface area contributed by atoms with E-state index in [1.165, 1.54) is 0 Å². The number of methoxy groups -OCH3 is 1. The summed E-state index contributed by atoms with van der Waals surface area (Å²) in [6.07, 6.45) is 1.30. The largest absolute Gasteiger partial charge is 0.389 e. The lowest BCUT2D eigenvalue weighted by molar-refractivity contribution is 0.0694. The van der Waals surface area contributed by atoms with Crippen LogP contribution in [-0.2, 0) is 4.74 Å². The molecule has 0 amide bonds. The molecule has 1 rings (SSSR count). The zero-order valence-corrected chi connectivity index (χ0v) is 11.4. The van der Waals surface area contributed by atoms with Crippen molar-refractivity contribution in [2.75, 3.05) is 32.2 Å². The number of hydrogen-bond donors (Lipinski definition) is 1. The van der Waals surface area contributed by atoms with Crippen LogP contribution in [0.1, 0.15) is 5.56 Å². The molecule has 1 atom stereocenters. The van der Waals surface area contributed by atoms with Crippen LogP contribution in [0.4, 0.5) is 5.82 Å². The van der Waals surface area contributed by atoms with Crippen molar-refractivity contribution < 1.29 is 9.84 Å². The maximum atomic E-state index is 9.62. The Bertz CT molecular complexity index is 347. The molecule has 1 aromatic rings. The topological polar surface area (TPSA) is 45.6 Å². The molecule has 0 radical (unpaired) electrons. The standard InChI is InChI=1S/C11H17BrN2O2/c1-8-4-10(12)11(13-5-8)14(2)6-9(15)7-16-3/h4-5,9,15H,6-7H2,1-3H3. The number of ether oxygens (including phenoxy) is 1. The number of hydrogen-bond acceptors (Lipinski definition) is 4. The summed E-state index contributed by atoms with van der Waals surface area (Å²) in [7, 11) is 3.46. The average Bonchev–Trinajstić information content (AvgIpc) is 2.17. The fourth-order valence-electron chi connectivity index (χ4n) is 1.45. The second-order valence-electron chi connectivity index (χ2n) is 3.81. The van der Waals surface area contributed by atoms with Gasteiger partial charge in [0.25, 0.3) is 0 Å². The van der Waals surface area contributed by atoms with Crippen LogP contribution in [0.5, 0.6) is 0 Å². The van der Waals surface area contributed by atoms with E-state index in [1.54, 1.807) is 13.3 Å². The van der Waals surface area contributed by atoms with Crippen LogP contribution in [0, 0.1) is 6.92 Å². The van der Waals surface area contributed by atoms with Crippen molar-refractivity contribution in [1.29, 1.82) is 0 Å². The van der Waals surface area contributed by atoms with E-state index in [4.69, 9.17) is 4.74 Å². The van der Waals surface area contributed by atoms with E-state index < -0.39 is 6.10 Å². The van der Waals surface area contributed by atoms with Crippen LogP contribution in [0.15, 0.2) is 16.7 Å². The fraction of sp³-hybridized carbons (Fsp3) is 0.545. The average molecular weight is 289 g/mol. The number of anilines is 1. The maximum Gasteiger partial charge on any atom is 0.142 e. The summed E-state index contributed by atoms with van der Waals surface area (Å²) in [5, 5.41) is 9.62. The van der Waals surface area contributed by atoms with Crippen molar-refractivity contribution in [2.24, 2.45) is 0 Å². The zero-order valence-electron chi connectivity index (χ0n) is 9.77. The van der Waals surface area contributed by atoms with Gasteiger partial charge in [-0.25, -0.2) is 4.98 Å². The molecule has 5 heteroatoms. The van der Waals surface area contributed by atoms with E-state index >= 15 is 0 Å². The molecule has 0 aliphatic carbocycles. The first kappa shape index (κ1) is 13.4.